The summed E-state index contributed by atoms with van der Waals surface area (Å²) in [7, 11) is 1.76. The molecule has 3 aromatic rings. The van der Waals surface area contributed by atoms with Gasteiger partial charge in [-0.2, -0.15) is 0 Å². The van der Waals surface area contributed by atoms with Crippen molar-refractivity contribution in [3.63, 3.8) is 0 Å². The second-order valence-corrected chi connectivity index (χ2v) is 5.09. The molecule has 5 nitrogen and oxygen atoms in total. The molecule has 1 aromatic carbocycles. The van der Waals surface area contributed by atoms with E-state index in [-0.39, 0.29) is 0 Å². The van der Waals surface area contributed by atoms with Gasteiger partial charge < -0.3 is 10.6 Å². The number of guanidine groups is 1. The average Bonchev–Trinajstić information content (AvgIpc) is 2.63. The number of nitrogens with one attached hydrogen (secondary N) is 2. The Bertz CT molecular complexity index is 793. The van der Waals surface area contributed by atoms with E-state index < -0.39 is 0 Å². The van der Waals surface area contributed by atoms with Gasteiger partial charge in [0.2, 0.25) is 0 Å². The zero-order valence-corrected chi connectivity index (χ0v) is 13.0. The van der Waals surface area contributed by atoms with E-state index in [9.17, 15) is 0 Å². The standard InChI is InChI=1S/C18H19N5/c1-19-18(23-13-16-9-2-3-10-20-16)22-12-15-7-4-6-14-8-5-11-21-17(14)15/h2-11H,12-13H2,1H3,(H2,19,22,23). The molecule has 116 valence electrons. The monoisotopic (exact) mass is 305 g/mol. The molecule has 0 aliphatic heterocycles. The summed E-state index contributed by atoms with van der Waals surface area (Å²) < 4.78 is 0. The SMILES string of the molecule is CN=C(NCc1ccccn1)NCc1cccc2cccnc12. The van der Waals surface area contributed by atoms with Crippen molar-refractivity contribution >= 4 is 16.9 Å². The highest BCUT2D eigenvalue weighted by atomic mass is 15.2. The quantitative estimate of drug-likeness (QED) is 0.574. The first-order valence-corrected chi connectivity index (χ1v) is 7.54. The summed E-state index contributed by atoms with van der Waals surface area (Å²) in [6.45, 7) is 1.30. The van der Waals surface area contributed by atoms with Crippen molar-refractivity contribution in [1.82, 2.24) is 20.6 Å². The highest BCUT2D eigenvalue weighted by Gasteiger charge is 2.03. The van der Waals surface area contributed by atoms with E-state index in [1.54, 1.807) is 13.2 Å². The number of fused-ring (bicyclic) bond motifs is 1. The van der Waals surface area contributed by atoms with Crippen LogP contribution in [0.1, 0.15) is 11.3 Å². The number of rotatable bonds is 4. The molecule has 0 saturated heterocycles. The second-order valence-electron chi connectivity index (χ2n) is 5.09. The number of benzene rings is 1. The third kappa shape index (κ3) is 3.83. The molecule has 2 aromatic heterocycles. The minimum atomic E-state index is 0.633. The number of aliphatic imine (C=N–C) groups is 1. The molecule has 5 heteroatoms. The third-order valence-corrected chi connectivity index (χ3v) is 3.55. The van der Waals surface area contributed by atoms with Crippen LogP contribution in [0, 0.1) is 0 Å². The van der Waals surface area contributed by atoms with Gasteiger partial charge in [-0.1, -0.05) is 30.3 Å². The number of aromatic nitrogens is 2. The fourth-order valence-electron chi connectivity index (χ4n) is 2.39. The maximum Gasteiger partial charge on any atom is 0.191 e. The lowest BCUT2D eigenvalue weighted by molar-refractivity contribution is 0.796. The molecule has 23 heavy (non-hydrogen) atoms. The summed E-state index contributed by atoms with van der Waals surface area (Å²) in [4.78, 5) is 13.0. The molecule has 0 bridgehead atoms. The molecular formula is C18H19N5. The van der Waals surface area contributed by atoms with E-state index in [4.69, 9.17) is 0 Å². The van der Waals surface area contributed by atoms with Crippen LogP contribution in [-0.2, 0) is 13.1 Å². The van der Waals surface area contributed by atoms with Gasteiger partial charge in [0.15, 0.2) is 5.96 Å². The van der Waals surface area contributed by atoms with Crippen molar-refractivity contribution in [3.8, 4) is 0 Å². The molecule has 0 aliphatic carbocycles. The molecule has 0 amide bonds. The summed E-state index contributed by atoms with van der Waals surface area (Å²) in [5, 5.41) is 7.72. The normalized spacial score (nSPS) is 11.4. The van der Waals surface area contributed by atoms with Crippen LogP contribution in [0.2, 0.25) is 0 Å². The average molecular weight is 305 g/mol. The van der Waals surface area contributed by atoms with Crippen molar-refractivity contribution in [2.45, 2.75) is 13.1 Å². The highest BCUT2D eigenvalue weighted by molar-refractivity contribution is 5.83. The molecule has 2 N–H and O–H groups in total. The summed E-state index contributed by atoms with van der Waals surface area (Å²) in [6, 6.07) is 16.1. The predicted molar refractivity (Wildman–Crippen MR) is 93.0 cm³/mol. The first-order chi connectivity index (χ1) is 11.4. The Morgan fingerprint density at radius 2 is 1.74 bits per heavy atom. The van der Waals surface area contributed by atoms with Gasteiger partial charge in [0.25, 0.3) is 0 Å². The Labute approximate surface area is 135 Å². The first-order valence-electron chi connectivity index (χ1n) is 7.54. The lowest BCUT2D eigenvalue weighted by Gasteiger charge is -2.12. The van der Waals surface area contributed by atoms with Crippen LogP contribution in [-0.4, -0.2) is 23.0 Å². The van der Waals surface area contributed by atoms with E-state index in [0.717, 1.165) is 28.1 Å². The molecular weight excluding hydrogens is 286 g/mol. The van der Waals surface area contributed by atoms with E-state index in [1.165, 1.54) is 0 Å². The maximum atomic E-state index is 4.47. The van der Waals surface area contributed by atoms with Crippen molar-refractivity contribution in [2.75, 3.05) is 7.05 Å². The molecule has 0 spiro atoms. The minimum absolute atomic E-state index is 0.633. The first kappa shape index (κ1) is 15.0. The van der Waals surface area contributed by atoms with E-state index in [0.29, 0.717) is 13.1 Å². The molecule has 2 heterocycles. The Morgan fingerprint density at radius 1 is 0.913 bits per heavy atom. The topological polar surface area (TPSA) is 62.2 Å². The number of para-hydroxylation sites is 1. The Morgan fingerprint density at radius 3 is 2.57 bits per heavy atom. The third-order valence-electron chi connectivity index (χ3n) is 3.55. The van der Waals surface area contributed by atoms with Crippen LogP contribution in [0.4, 0.5) is 0 Å². The van der Waals surface area contributed by atoms with Crippen LogP contribution in [0.15, 0.2) is 65.9 Å². The van der Waals surface area contributed by atoms with E-state index >= 15 is 0 Å². The van der Waals surface area contributed by atoms with Gasteiger partial charge in [-0.05, 0) is 23.8 Å². The smallest absolute Gasteiger partial charge is 0.191 e. The molecule has 0 radical (unpaired) electrons. The van der Waals surface area contributed by atoms with Crippen LogP contribution < -0.4 is 10.6 Å². The molecule has 0 saturated carbocycles. The lowest BCUT2D eigenvalue weighted by atomic mass is 10.1. The van der Waals surface area contributed by atoms with Gasteiger partial charge in [0, 0.05) is 31.4 Å². The van der Waals surface area contributed by atoms with Gasteiger partial charge in [0.05, 0.1) is 17.8 Å². The van der Waals surface area contributed by atoms with Crippen LogP contribution >= 0.6 is 0 Å². The van der Waals surface area contributed by atoms with Crippen LogP contribution in [0.25, 0.3) is 10.9 Å². The number of pyridine rings is 2. The number of hydrogen-bond donors (Lipinski definition) is 2. The van der Waals surface area contributed by atoms with Gasteiger partial charge in [0.1, 0.15) is 0 Å². The summed E-state index contributed by atoms with van der Waals surface area (Å²) in [5.41, 5.74) is 3.13. The van der Waals surface area contributed by atoms with Crippen molar-refractivity contribution < 1.29 is 0 Å². The van der Waals surface area contributed by atoms with Crippen molar-refractivity contribution in [1.29, 1.82) is 0 Å². The molecule has 3 rings (SSSR count). The molecule has 0 fully saturated rings. The Kier molecular flexibility index (Phi) is 4.79. The number of nitrogens with zero attached hydrogens (tertiary/aromatic N) is 3. The van der Waals surface area contributed by atoms with Crippen molar-refractivity contribution in [2.24, 2.45) is 4.99 Å². The van der Waals surface area contributed by atoms with Gasteiger partial charge in [-0.3, -0.25) is 15.0 Å². The van der Waals surface area contributed by atoms with Crippen molar-refractivity contribution in [3.05, 3.63) is 72.2 Å². The Balaban J connectivity index is 1.63. The molecule has 0 aliphatic rings. The number of hydrogen-bond acceptors (Lipinski definition) is 3. The minimum Gasteiger partial charge on any atom is -0.352 e. The van der Waals surface area contributed by atoms with Crippen LogP contribution in [0.5, 0.6) is 0 Å². The zero-order valence-electron chi connectivity index (χ0n) is 13.0. The fraction of sp³-hybridized carbons (Fsp3) is 0.167. The van der Waals surface area contributed by atoms with Gasteiger partial charge >= 0.3 is 0 Å². The van der Waals surface area contributed by atoms with E-state index in [1.807, 2.05) is 36.5 Å². The maximum absolute atomic E-state index is 4.47. The Hall–Kier alpha value is -2.95. The predicted octanol–water partition coefficient (Wildman–Crippen LogP) is 2.50. The molecule has 0 atom stereocenters. The molecule has 0 unspecified atom stereocenters. The fourth-order valence-corrected chi connectivity index (χ4v) is 2.39. The zero-order chi connectivity index (χ0) is 15.9. The highest BCUT2D eigenvalue weighted by Crippen LogP contribution is 2.15. The second kappa shape index (κ2) is 7.35. The van der Waals surface area contributed by atoms with Gasteiger partial charge in [-0.15, -0.1) is 0 Å². The lowest BCUT2D eigenvalue weighted by Crippen LogP contribution is -2.36. The summed E-state index contributed by atoms with van der Waals surface area (Å²) >= 11 is 0. The van der Waals surface area contributed by atoms with Crippen LogP contribution in [0.3, 0.4) is 0 Å². The summed E-state index contributed by atoms with van der Waals surface area (Å²) in [6.07, 6.45) is 3.61. The van der Waals surface area contributed by atoms with Gasteiger partial charge in [-0.25, -0.2) is 0 Å². The largest absolute Gasteiger partial charge is 0.352 e. The van der Waals surface area contributed by atoms with E-state index in [2.05, 4.69) is 43.8 Å². The summed E-state index contributed by atoms with van der Waals surface area (Å²) in [5.74, 6) is 0.739.